The van der Waals surface area contributed by atoms with E-state index in [4.69, 9.17) is 9.47 Å². The second-order valence-corrected chi connectivity index (χ2v) is 7.97. The summed E-state index contributed by atoms with van der Waals surface area (Å²) in [6.45, 7) is 3.03. The fourth-order valence-electron chi connectivity index (χ4n) is 2.83. The summed E-state index contributed by atoms with van der Waals surface area (Å²) in [5.74, 6) is 0.219. The number of rotatable bonds is 9. The molecule has 0 aromatic heterocycles. The number of carbonyl (C=O) groups excluding carboxylic acids is 2. The standard InChI is InChI=1S/C25H25BrN2O4/c1-2-3-15-31-23-14-11-20(26)16-22(23)25(30)28-27-24(29)19-9-12-21(13-10-19)32-17-18-7-5-4-6-8-18/h4-14,16H,2-3,15,17H2,1H3,(H,27,29)(H,28,30). The molecule has 0 aliphatic carbocycles. The molecule has 3 aromatic carbocycles. The molecule has 7 heteroatoms. The lowest BCUT2D eigenvalue weighted by molar-refractivity contribution is 0.0844. The molecule has 3 rings (SSSR count). The van der Waals surface area contributed by atoms with Crippen LogP contribution in [0.3, 0.4) is 0 Å². The van der Waals surface area contributed by atoms with Gasteiger partial charge in [-0.25, -0.2) is 0 Å². The van der Waals surface area contributed by atoms with Gasteiger partial charge in [-0.1, -0.05) is 59.6 Å². The van der Waals surface area contributed by atoms with Crippen molar-refractivity contribution < 1.29 is 19.1 Å². The summed E-state index contributed by atoms with van der Waals surface area (Å²) in [4.78, 5) is 25.0. The Morgan fingerprint density at radius 3 is 2.31 bits per heavy atom. The number of hydrazine groups is 1. The van der Waals surface area contributed by atoms with Crippen LogP contribution in [0.2, 0.25) is 0 Å². The highest BCUT2D eigenvalue weighted by Gasteiger charge is 2.15. The van der Waals surface area contributed by atoms with Gasteiger partial charge in [0.15, 0.2) is 0 Å². The third kappa shape index (κ3) is 6.85. The van der Waals surface area contributed by atoms with Crippen molar-refractivity contribution in [1.29, 1.82) is 0 Å². The van der Waals surface area contributed by atoms with Gasteiger partial charge < -0.3 is 9.47 Å². The Bertz CT molecular complexity index is 1040. The summed E-state index contributed by atoms with van der Waals surface area (Å²) in [7, 11) is 0. The highest BCUT2D eigenvalue weighted by Crippen LogP contribution is 2.23. The average Bonchev–Trinajstić information content (AvgIpc) is 2.83. The molecule has 3 aromatic rings. The molecule has 0 aliphatic heterocycles. The number of ether oxygens (including phenoxy) is 2. The lowest BCUT2D eigenvalue weighted by Gasteiger charge is -2.13. The van der Waals surface area contributed by atoms with Crippen molar-refractivity contribution in [3.05, 3.63) is 94.0 Å². The molecule has 0 atom stereocenters. The van der Waals surface area contributed by atoms with Crippen molar-refractivity contribution in [1.82, 2.24) is 10.9 Å². The van der Waals surface area contributed by atoms with Gasteiger partial charge in [-0.05, 0) is 54.4 Å². The molecule has 166 valence electrons. The van der Waals surface area contributed by atoms with E-state index in [1.54, 1.807) is 42.5 Å². The first-order valence-electron chi connectivity index (χ1n) is 10.4. The van der Waals surface area contributed by atoms with Crippen LogP contribution in [0.15, 0.2) is 77.3 Å². The normalized spacial score (nSPS) is 10.3. The molecule has 32 heavy (non-hydrogen) atoms. The number of unbranched alkanes of at least 4 members (excludes halogenated alkanes) is 1. The van der Waals surface area contributed by atoms with E-state index in [0.717, 1.165) is 22.9 Å². The Hall–Kier alpha value is -3.32. The summed E-state index contributed by atoms with van der Waals surface area (Å²) in [5, 5.41) is 0. The minimum atomic E-state index is -0.464. The Kier molecular flexibility index (Phi) is 8.69. The van der Waals surface area contributed by atoms with Gasteiger partial charge in [0.1, 0.15) is 18.1 Å². The molecule has 0 saturated heterocycles. The number of nitrogens with one attached hydrogen (secondary N) is 2. The van der Waals surface area contributed by atoms with E-state index < -0.39 is 11.8 Å². The maximum absolute atomic E-state index is 12.6. The lowest BCUT2D eigenvalue weighted by atomic mass is 10.2. The number of benzene rings is 3. The number of carbonyl (C=O) groups is 2. The minimum Gasteiger partial charge on any atom is -0.493 e. The molecule has 0 spiro atoms. The van der Waals surface area contributed by atoms with Gasteiger partial charge in [0.05, 0.1) is 12.2 Å². The van der Waals surface area contributed by atoms with Crippen LogP contribution in [-0.4, -0.2) is 18.4 Å². The predicted octanol–water partition coefficient (Wildman–Crippen LogP) is 5.28. The quantitative estimate of drug-likeness (QED) is 0.312. The van der Waals surface area contributed by atoms with Crippen LogP contribution >= 0.6 is 15.9 Å². The molecule has 0 unspecified atom stereocenters. The third-order valence-corrected chi connectivity index (χ3v) is 5.09. The van der Waals surface area contributed by atoms with Gasteiger partial charge in [-0.2, -0.15) is 0 Å². The first-order chi connectivity index (χ1) is 15.6. The molecular formula is C25H25BrN2O4. The van der Waals surface area contributed by atoms with Crippen LogP contribution in [0.25, 0.3) is 0 Å². The van der Waals surface area contributed by atoms with Gasteiger partial charge in [-0.15, -0.1) is 0 Å². The number of amides is 2. The highest BCUT2D eigenvalue weighted by molar-refractivity contribution is 9.10. The van der Waals surface area contributed by atoms with Crippen LogP contribution in [0.4, 0.5) is 0 Å². The topological polar surface area (TPSA) is 76.7 Å². The van der Waals surface area contributed by atoms with Gasteiger partial charge >= 0.3 is 0 Å². The van der Waals surface area contributed by atoms with Crippen LogP contribution in [-0.2, 0) is 6.61 Å². The van der Waals surface area contributed by atoms with E-state index in [-0.39, 0.29) is 0 Å². The minimum absolute atomic E-state index is 0.334. The number of hydrogen-bond donors (Lipinski definition) is 2. The largest absolute Gasteiger partial charge is 0.493 e. The Labute approximate surface area is 196 Å². The van der Waals surface area contributed by atoms with Crippen LogP contribution in [0.5, 0.6) is 11.5 Å². The smallest absolute Gasteiger partial charge is 0.273 e. The maximum Gasteiger partial charge on any atom is 0.273 e. The molecule has 6 nitrogen and oxygen atoms in total. The zero-order valence-corrected chi connectivity index (χ0v) is 19.4. The van der Waals surface area contributed by atoms with E-state index >= 15 is 0 Å². The van der Waals surface area contributed by atoms with E-state index in [2.05, 4.69) is 33.7 Å². The summed E-state index contributed by atoms with van der Waals surface area (Å²) in [5.41, 5.74) is 6.67. The van der Waals surface area contributed by atoms with E-state index in [1.165, 1.54) is 0 Å². The predicted molar refractivity (Wildman–Crippen MR) is 127 cm³/mol. The van der Waals surface area contributed by atoms with Crippen molar-refractivity contribution in [2.45, 2.75) is 26.4 Å². The Morgan fingerprint density at radius 1 is 0.875 bits per heavy atom. The van der Waals surface area contributed by atoms with Crippen molar-refractivity contribution in [2.75, 3.05) is 6.61 Å². The fraction of sp³-hybridized carbons (Fsp3) is 0.200. The zero-order valence-electron chi connectivity index (χ0n) is 17.8. The molecule has 0 aliphatic rings. The van der Waals surface area contributed by atoms with Crippen molar-refractivity contribution in [3.63, 3.8) is 0 Å². The molecule has 0 fully saturated rings. The monoisotopic (exact) mass is 496 g/mol. The van der Waals surface area contributed by atoms with Crippen molar-refractivity contribution >= 4 is 27.7 Å². The first kappa shape index (κ1) is 23.3. The van der Waals surface area contributed by atoms with E-state index in [0.29, 0.717) is 35.8 Å². The van der Waals surface area contributed by atoms with Gasteiger partial charge in [0.2, 0.25) is 0 Å². The first-order valence-corrected chi connectivity index (χ1v) is 11.2. The molecule has 0 saturated carbocycles. The van der Waals surface area contributed by atoms with Crippen LogP contribution in [0.1, 0.15) is 46.0 Å². The van der Waals surface area contributed by atoms with E-state index in [9.17, 15) is 9.59 Å². The van der Waals surface area contributed by atoms with Gasteiger partial charge in [0, 0.05) is 10.0 Å². The molecule has 2 amide bonds. The van der Waals surface area contributed by atoms with Gasteiger partial charge in [0.25, 0.3) is 11.8 Å². The maximum atomic E-state index is 12.6. The SMILES string of the molecule is CCCCOc1ccc(Br)cc1C(=O)NNC(=O)c1ccc(OCc2ccccc2)cc1. The third-order valence-electron chi connectivity index (χ3n) is 4.60. The lowest BCUT2D eigenvalue weighted by Crippen LogP contribution is -2.41. The molecule has 0 radical (unpaired) electrons. The summed E-state index contributed by atoms with van der Waals surface area (Å²) in [6.07, 6.45) is 1.88. The molecule has 0 heterocycles. The second-order valence-electron chi connectivity index (χ2n) is 7.05. The summed E-state index contributed by atoms with van der Waals surface area (Å²) < 4.78 is 12.2. The number of halogens is 1. The average molecular weight is 497 g/mol. The Morgan fingerprint density at radius 2 is 1.59 bits per heavy atom. The molecule has 0 bridgehead atoms. The van der Waals surface area contributed by atoms with Crippen LogP contribution < -0.4 is 20.3 Å². The summed E-state index contributed by atoms with van der Waals surface area (Å²) >= 11 is 3.36. The number of hydrogen-bond acceptors (Lipinski definition) is 4. The fourth-order valence-corrected chi connectivity index (χ4v) is 3.19. The second kappa shape index (κ2) is 11.9. The van der Waals surface area contributed by atoms with Crippen molar-refractivity contribution in [2.24, 2.45) is 0 Å². The van der Waals surface area contributed by atoms with Crippen molar-refractivity contribution in [3.8, 4) is 11.5 Å². The van der Waals surface area contributed by atoms with Crippen LogP contribution in [0, 0.1) is 0 Å². The molecular weight excluding hydrogens is 472 g/mol. The summed E-state index contributed by atoms with van der Waals surface area (Å²) in [6, 6.07) is 21.7. The zero-order chi connectivity index (χ0) is 22.8. The Balaban J connectivity index is 1.55. The highest BCUT2D eigenvalue weighted by atomic mass is 79.9. The molecule has 2 N–H and O–H groups in total. The van der Waals surface area contributed by atoms with Gasteiger partial charge in [-0.3, -0.25) is 20.4 Å². The van der Waals surface area contributed by atoms with E-state index in [1.807, 2.05) is 30.3 Å².